The molecule has 0 aliphatic rings. The molecule has 0 radical (unpaired) electrons. The molecule has 12 aromatic carbocycles. The molecule has 0 spiro atoms. The summed E-state index contributed by atoms with van der Waals surface area (Å²) in [6.45, 7) is 17.8. The van der Waals surface area contributed by atoms with E-state index in [0.29, 0.717) is 0 Å². The van der Waals surface area contributed by atoms with Crippen molar-refractivity contribution in [2.75, 3.05) is 0 Å². The minimum Gasteiger partial charge on any atom is -1.00 e. The van der Waals surface area contributed by atoms with E-state index in [-0.39, 0.29) is 35.7 Å². The maximum absolute atomic E-state index is 3.51. The molecule has 4 heterocycles. The minimum absolute atomic E-state index is 0. The second-order valence-electron chi connectivity index (χ2n) is 22.4. The fraction of sp³-hybridized carbons (Fsp3) is 0.105. The van der Waals surface area contributed by atoms with Crippen LogP contribution >= 0.6 is 0 Å². The molecular weight excluding hydrogens is 1280 g/mol. The van der Waals surface area contributed by atoms with Crippen molar-refractivity contribution in [2.24, 2.45) is 0 Å². The molecule has 0 fully saturated rings. The molecular formula is C76H68Cl2N4Si2Zr2-2. The quantitative estimate of drug-likeness (QED) is 0.100. The average molecular weight is 1350 g/mol. The van der Waals surface area contributed by atoms with E-state index in [0.717, 1.165) is 0 Å². The second kappa shape index (κ2) is 28.8. The van der Waals surface area contributed by atoms with E-state index >= 15 is 0 Å². The number of hydrogen-bond donors (Lipinski definition) is 4. The Labute approximate surface area is 547 Å². The zero-order chi connectivity index (χ0) is 58.4. The zero-order valence-electron chi connectivity index (χ0n) is 49.8. The largest absolute Gasteiger partial charge is 1.00 e. The molecule has 86 heavy (non-hydrogen) atoms. The van der Waals surface area contributed by atoms with E-state index < -0.39 is 0 Å². The molecule has 10 heteroatoms. The topological polar surface area (TPSA) is 63.2 Å². The van der Waals surface area contributed by atoms with Crippen LogP contribution in [0.1, 0.15) is 22.3 Å². The summed E-state index contributed by atoms with van der Waals surface area (Å²) in [4.78, 5) is 14.1. The van der Waals surface area contributed by atoms with Crippen molar-refractivity contribution >= 4 is 97.6 Å². The Bertz CT molecular complexity index is 4220. The van der Waals surface area contributed by atoms with Crippen LogP contribution in [0.15, 0.2) is 243 Å². The van der Waals surface area contributed by atoms with Gasteiger partial charge in [0.15, 0.2) is 0 Å². The summed E-state index contributed by atoms with van der Waals surface area (Å²) in [5, 5.41) is 15.6. The molecule has 4 N–H and O–H groups in total. The molecule has 0 saturated heterocycles. The molecule has 0 amide bonds. The molecule has 4 aromatic heterocycles. The van der Waals surface area contributed by atoms with Crippen molar-refractivity contribution in [1.29, 1.82) is 0 Å². The van der Waals surface area contributed by atoms with Crippen molar-refractivity contribution in [3.05, 3.63) is 265 Å². The van der Waals surface area contributed by atoms with Gasteiger partial charge in [-0.1, -0.05) is 125 Å². The zero-order valence-corrected chi connectivity index (χ0v) is 58.3. The molecule has 0 unspecified atom stereocenters. The van der Waals surface area contributed by atoms with E-state index in [1.54, 1.807) is 46.7 Å². The van der Waals surface area contributed by atoms with Crippen LogP contribution in [-0.2, 0) is 46.7 Å². The normalized spacial score (nSPS) is 10.7. The van der Waals surface area contributed by atoms with Crippen molar-refractivity contribution in [2.45, 2.75) is 53.9 Å². The van der Waals surface area contributed by atoms with Gasteiger partial charge in [-0.25, -0.2) is 0 Å². The third kappa shape index (κ3) is 14.9. The molecule has 0 aliphatic heterocycles. The number of halogens is 2. The summed E-state index contributed by atoms with van der Waals surface area (Å²) in [6, 6.07) is 86.5. The Morgan fingerprint density at radius 2 is 0.477 bits per heavy atom. The number of rotatable bonds is 4. The molecule has 0 atom stereocenters. The number of H-pyrrole nitrogens is 4. The fourth-order valence-corrected chi connectivity index (χ4v) is 11.4. The Balaban J connectivity index is 0.000000130. The molecule has 0 aliphatic carbocycles. The van der Waals surface area contributed by atoms with E-state index in [1.807, 2.05) is 0 Å². The number of aromatic amines is 4. The van der Waals surface area contributed by atoms with Crippen molar-refractivity contribution in [3.8, 4) is 45.0 Å². The Kier molecular flexibility index (Phi) is 21.3. The van der Waals surface area contributed by atoms with Crippen LogP contribution in [0.25, 0.3) is 132 Å². The average Bonchev–Trinajstić information content (AvgIpc) is 2.11. The van der Waals surface area contributed by atoms with E-state index in [2.05, 4.69) is 316 Å². The van der Waals surface area contributed by atoms with Crippen LogP contribution in [0.3, 0.4) is 0 Å². The van der Waals surface area contributed by atoms with E-state index in [4.69, 9.17) is 0 Å². The van der Waals surface area contributed by atoms with Crippen molar-refractivity contribution < 1.29 is 71.5 Å². The first-order valence-electron chi connectivity index (χ1n) is 28.7. The number of nitrogens with one attached hydrogen (secondary N) is 4. The standard InChI is InChI=1S/4C18H14N.2C2H6Si.2ClH.2Zr/c4*1-12-9-13-6-4-7-15(16(13)10-12)18-11-14-5-2-3-8-17(14)19-18;2*1-3-2;;;;/h4*2-11,19H,1H3;2*1-2H3;2*1H;;/q4*-1;;;;;2*+2/p-2. The van der Waals surface area contributed by atoms with Crippen LogP contribution in [0, 0.1) is 27.7 Å². The van der Waals surface area contributed by atoms with Crippen LogP contribution in [0.2, 0.25) is 26.2 Å². The minimum atomic E-state index is 0. The first-order valence-corrected chi connectivity index (χ1v) is 41.1. The van der Waals surface area contributed by atoms with Gasteiger partial charge >= 0.3 is 83.7 Å². The van der Waals surface area contributed by atoms with Gasteiger partial charge in [0, 0.05) is 44.8 Å². The van der Waals surface area contributed by atoms with Crippen molar-refractivity contribution in [3.63, 3.8) is 0 Å². The summed E-state index contributed by atoms with van der Waals surface area (Å²) in [6.07, 6.45) is 0. The van der Waals surface area contributed by atoms with Gasteiger partial charge in [-0.3, -0.25) is 0 Å². The van der Waals surface area contributed by atoms with Gasteiger partial charge in [-0.2, -0.15) is 24.3 Å². The summed E-state index contributed by atoms with van der Waals surface area (Å²) in [5.74, 6) is 0. The van der Waals surface area contributed by atoms with Gasteiger partial charge in [0.05, 0.1) is 0 Å². The number of hydrogen-bond acceptors (Lipinski definition) is 0. The predicted molar refractivity (Wildman–Crippen MR) is 361 cm³/mol. The molecule has 0 saturated carbocycles. The maximum Gasteiger partial charge on any atom is 0.0458 e. The third-order valence-electron chi connectivity index (χ3n) is 14.9. The molecule has 16 rings (SSSR count). The van der Waals surface area contributed by atoms with Gasteiger partial charge < -0.3 is 44.7 Å². The molecule has 16 aromatic rings. The fourth-order valence-electron chi connectivity index (χ4n) is 11.4. The molecule has 424 valence electrons. The summed E-state index contributed by atoms with van der Waals surface area (Å²) in [5.41, 5.74) is 20.3. The number of aryl methyl sites for hydroxylation is 4. The van der Waals surface area contributed by atoms with Crippen LogP contribution in [-0.4, -0.2) is 30.8 Å². The van der Waals surface area contributed by atoms with Crippen LogP contribution in [0.4, 0.5) is 0 Å². The Hall–Kier alpha value is -6.86. The number of aromatic nitrogens is 4. The molecule has 4 nitrogen and oxygen atoms in total. The number of para-hydroxylation sites is 4. The van der Waals surface area contributed by atoms with E-state index in [9.17, 15) is 0 Å². The van der Waals surface area contributed by atoms with E-state index in [1.165, 1.54) is 154 Å². The van der Waals surface area contributed by atoms with Crippen molar-refractivity contribution in [1.82, 2.24) is 19.9 Å². The summed E-state index contributed by atoms with van der Waals surface area (Å²) >= 11 is 3.48. The predicted octanol–water partition coefficient (Wildman–Crippen LogP) is 15.6. The number of fused-ring (bicyclic) bond motifs is 8. The van der Waals surface area contributed by atoms with Gasteiger partial charge in [0.25, 0.3) is 0 Å². The monoisotopic (exact) mass is 1340 g/mol. The van der Waals surface area contributed by atoms with Gasteiger partial charge in [0.2, 0.25) is 0 Å². The Morgan fingerprint density at radius 1 is 0.279 bits per heavy atom. The first-order chi connectivity index (χ1) is 40.7. The summed E-state index contributed by atoms with van der Waals surface area (Å²) < 4.78 is 0. The summed E-state index contributed by atoms with van der Waals surface area (Å²) in [7, 11) is 0. The Morgan fingerprint density at radius 3 is 0.674 bits per heavy atom. The van der Waals surface area contributed by atoms with Gasteiger partial charge in [-0.05, 0) is 92.3 Å². The maximum atomic E-state index is 3.51. The number of benzene rings is 8. The first kappa shape index (κ1) is 63.6. The smallest absolute Gasteiger partial charge is 0.0458 e. The second-order valence-corrected chi connectivity index (χ2v) is 41.2. The molecule has 0 bridgehead atoms. The van der Waals surface area contributed by atoms with Crippen LogP contribution < -0.4 is 24.8 Å². The van der Waals surface area contributed by atoms with Gasteiger partial charge in [-0.15, -0.1) is 138 Å². The van der Waals surface area contributed by atoms with Crippen LogP contribution in [0.5, 0.6) is 0 Å². The van der Waals surface area contributed by atoms with Gasteiger partial charge in [0.1, 0.15) is 0 Å². The third-order valence-corrected chi connectivity index (χ3v) is 14.9. The SMILES string of the molecule is C[Si](C)=[Zr+2].C[Si](C)=[Zr+2].Cc1cc2c(-c3cc4ccccc4[nH]3)cccc2[cH-]1.Cc1cc2c(-c3cc4ccccc4[nH]3)cccc2[cH-]1.Cc1cc2c(-c3cc4ccccc4[nH]3)cccc2[cH-]1.Cc1cc2c(-c3cc4ccccc4[nH]3)cccc2[cH-]1.[Cl-].[Cl-].